The Morgan fingerprint density at radius 1 is 1.00 bits per heavy atom. The van der Waals surface area contributed by atoms with Gasteiger partial charge in [-0.2, -0.15) is 0 Å². The summed E-state index contributed by atoms with van der Waals surface area (Å²) in [6.07, 6.45) is 0.588. The molecule has 0 aliphatic heterocycles. The number of hydrogen-bond donors (Lipinski definition) is 2. The standard InChI is InChI=1S/C12H24N2O2/c1-6-13-11(15)9(4)7-10(5)12(16)14-8(2)3/h8-10H,6-7H2,1-5H3,(H,13,15)(H,14,16). The Bertz CT molecular complexity index is 239. The first-order chi connectivity index (χ1) is 7.38. The summed E-state index contributed by atoms with van der Waals surface area (Å²) in [5.74, 6) is -0.203. The average molecular weight is 228 g/mol. The van der Waals surface area contributed by atoms with Crippen molar-refractivity contribution < 1.29 is 9.59 Å². The van der Waals surface area contributed by atoms with E-state index in [1.807, 2.05) is 34.6 Å². The number of carbonyl (C=O) groups is 2. The lowest BCUT2D eigenvalue weighted by atomic mass is 9.95. The molecule has 4 nitrogen and oxygen atoms in total. The summed E-state index contributed by atoms with van der Waals surface area (Å²) in [5.41, 5.74) is 0. The molecule has 0 aliphatic rings. The molecule has 2 N–H and O–H groups in total. The first kappa shape index (κ1) is 14.9. The second-order valence-corrected chi connectivity index (χ2v) is 4.60. The van der Waals surface area contributed by atoms with Crippen LogP contribution < -0.4 is 10.6 Å². The molecule has 94 valence electrons. The molecule has 0 radical (unpaired) electrons. The van der Waals surface area contributed by atoms with Gasteiger partial charge in [0.25, 0.3) is 0 Å². The number of amides is 2. The fraction of sp³-hybridized carbons (Fsp3) is 0.833. The Kier molecular flexibility index (Phi) is 6.77. The highest BCUT2D eigenvalue weighted by Crippen LogP contribution is 2.12. The van der Waals surface area contributed by atoms with Crippen LogP contribution in [0.2, 0.25) is 0 Å². The molecule has 4 heteroatoms. The zero-order chi connectivity index (χ0) is 12.7. The van der Waals surface area contributed by atoms with E-state index in [1.165, 1.54) is 0 Å². The lowest BCUT2D eigenvalue weighted by Gasteiger charge is -2.17. The molecule has 0 aromatic heterocycles. The van der Waals surface area contributed by atoms with Crippen molar-refractivity contribution in [3.05, 3.63) is 0 Å². The molecule has 2 unspecified atom stereocenters. The van der Waals surface area contributed by atoms with Crippen LogP contribution in [0, 0.1) is 11.8 Å². The largest absolute Gasteiger partial charge is 0.356 e. The Balaban J connectivity index is 4.07. The minimum Gasteiger partial charge on any atom is -0.356 e. The first-order valence-electron chi connectivity index (χ1n) is 5.96. The molecular formula is C12H24N2O2. The molecule has 0 rings (SSSR count). The van der Waals surface area contributed by atoms with Crippen molar-refractivity contribution in [3.8, 4) is 0 Å². The van der Waals surface area contributed by atoms with Crippen molar-refractivity contribution in [3.63, 3.8) is 0 Å². The van der Waals surface area contributed by atoms with Crippen molar-refractivity contribution in [1.29, 1.82) is 0 Å². The van der Waals surface area contributed by atoms with E-state index in [-0.39, 0.29) is 29.7 Å². The monoisotopic (exact) mass is 228 g/mol. The van der Waals surface area contributed by atoms with Crippen molar-refractivity contribution in [2.75, 3.05) is 6.54 Å². The Morgan fingerprint density at radius 2 is 1.50 bits per heavy atom. The lowest BCUT2D eigenvalue weighted by Crippen LogP contribution is -2.37. The highest BCUT2D eigenvalue weighted by atomic mass is 16.2. The summed E-state index contributed by atoms with van der Waals surface area (Å²) < 4.78 is 0. The van der Waals surface area contributed by atoms with Gasteiger partial charge in [0.15, 0.2) is 0 Å². The summed E-state index contributed by atoms with van der Waals surface area (Å²) >= 11 is 0. The Labute approximate surface area is 98.2 Å². The summed E-state index contributed by atoms with van der Waals surface area (Å²) in [6, 6.07) is 0.148. The molecule has 0 bridgehead atoms. The molecule has 0 fully saturated rings. The van der Waals surface area contributed by atoms with Gasteiger partial charge in [0, 0.05) is 24.4 Å². The minimum absolute atomic E-state index is 0.0196. The van der Waals surface area contributed by atoms with Crippen LogP contribution in [-0.4, -0.2) is 24.4 Å². The van der Waals surface area contributed by atoms with Gasteiger partial charge in [0.05, 0.1) is 0 Å². The quantitative estimate of drug-likeness (QED) is 0.720. The van der Waals surface area contributed by atoms with Crippen LogP contribution in [-0.2, 0) is 9.59 Å². The molecule has 0 aromatic rings. The van der Waals surface area contributed by atoms with Crippen LogP contribution in [0.5, 0.6) is 0 Å². The maximum absolute atomic E-state index is 11.6. The van der Waals surface area contributed by atoms with E-state index in [0.29, 0.717) is 13.0 Å². The van der Waals surface area contributed by atoms with Crippen molar-refractivity contribution in [2.45, 2.75) is 47.1 Å². The van der Waals surface area contributed by atoms with Gasteiger partial charge in [0.2, 0.25) is 11.8 Å². The SMILES string of the molecule is CCNC(=O)C(C)CC(C)C(=O)NC(C)C. The van der Waals surface area contributed by atoms with Crippen molar-refractivity contribution >= 4 is 11.8 Å². The maximum Gasteiger partial charge on any atom is 0.223 e. The molecular weight excluding hydrogens is 204 g/mol. The Morgan fingerprint density at radius 3 is 1.94 bits per heavy atom. The third kappa shape index (κ3) is 5.73. The summed E-state index contributed by atoms with van der Waals surface area (Å²) in [5, 5.41) is 5.61. The summed E-state index contributed by atoms with van der Waals surface area (Å²) in [6.45, 7) is 10.1. The topological polar surface area (TPSA) is 58.2 Å². The molecule has 16 heavy (non-hydrogen) atoms. The van der Waals surface area contributed by atoms with Crippen LogP contribution >= 0.6 is 0 Å². The van der Waals surface area contributed by atoms with E-state index in [4.69, 9.17) is 0 Å². The average Bonchev–Trinajstić information content (AvgIpc) is 2.16. The van der Waals surface area contributed by atoms with Gasteiger partial charge >= 0.3 is 0 Å². The molecule has 0 spiro atoms. The number of carbonyl (C=O) groups excluding carboxylic acids is 2. The van der Waals surface area contributed by atoms with Crippen LogP contribution in [0.1, 0.15) is 41.0 Å². The van der Waals surface area contributed by atoms with Crippen molar-refractivity contribution in [1.82, 2.24) is 10.6 Å². The van der Waals surface area contributed by atoms with E-state index in [0.717, 1.165) is 0 Å². The molecule has 2 atom stereocenters. The highest BCUT2D eigenvalue weighted by molar-refractivity contribution is 5.81. The summed E-state index contributed by atoms with van der Waals surface area (Å²) in [4.78, 5) is 23.1. The first-order valence-corrected chi connectivity index (χ1v) is 5.96. The predicted molar refractivity (Wildman–Crippen MR) is 64.9 cm³/mol. The van der Waals surface area contributed by atoms with Gasteiger partial charge < -0.3 is 10.6 Å². The van der Waals surface area contributed by atoms with Gasteiger partial charge in [-0.3, -0.25) is 9.59 Å². The van der Waals surface area contributed by atoms with Gasteiger partial charge in [-0.05, 0) is 27.2 Å². The van der Waals surface area contributed by atoms with Gasteiger partial charge in [-0.15, -0.1) is 0 Å². The van der Waals surface area contributed by atoms with Gasteiger partial charge in [-0.1, -0.05) is 13.8 Å². The van der Waals surface area contributed by atoms with Crippen molar-refractivity contribution in [2.24, 2.45) is 11.8 Å². The van der Waals surface area contributed by atoms with Crippen LogP contribution in [0.3, 0.4) is 0 Å². The Hall–Kier alpha value is -1.06. The zero-order valence-corrected chi connectivity index (χ0v) is 11.0. The third-order valence-corrected chi connectivity index (χ3v) is 2.38. The lowest BCUT2D eigenvalue weighted by molar-refractivity contribution is -0.127. The highest BCUT2D eigenvalue weighted by Gasteiger charge is 2.20. The molecule has 0 aromatic carbocycles. The molecule has 0 saturated carbocycles. The second-order valence-electron chi connectivity index (χ2n) is 4.60. The number of hydrogen-bond acceptors (Lipinski definition) is 2. The van der Waals surface area contributed by atoms with E-state index in [1.54, 1.807) is 0 Å². The third-order valence-electron chi connectivity index (χ3n) is 2.38. The zero-order valence-electron chi connectivity index (χ0n) is 11.0. The van der Waals surface area contributed by atoms with E-state index in [2.05, 4.69) is 10.6 Å². The smallest absolute Gasteiger partial charge is 0.223 e. The molecule has 0 saturated heterocycles. The fourth-order valence-corrected chi connectivity index (χ4v) is 1.52. The maximum atomic E-state index is 11.6. The fourth-order valence-electron chi connectivity index (χ4n) is 1.52. The minimum atomic E-state index is -0.125. The van der Waals surface area contributed by atoms with E-state index in [9.17, 15) is 9.59 Å². The van der Waals surface area contributed by atoms with E-state index >= 15 is 0 Å². The van der Waals surface area contributed by atoms with E-state index < -0.39 is 0 Å². The molecule has 0 aliphatic carbocycles. The second kappa shape index (κ2) is 7.25. The van der Waals surface area contributed by atoms with Crippen LogP contribution in [0.4, 0.5) is 0 Å². The number of rotatable bonds is 6. The number of nitrogens with one attached hydrogen (secondary N) is 2. The molecule has 2 amide bonds. The van der Waals surface area contributed by atoms with Gasteiger partial charge in [0.1, 0.15) is 0 Å². The molecule has 0 heterocycles. The predicted octanol–water partition coefficient (Wildman–Crippen LogP) is 1.31. The van der Waals surface area contributed by atoms with Crippen LogP contribution in [0.15, 0.2) is 0 Å². The summed E-state index contributed by atoms with van der Waals surface area (Å²) in [7, 11) is 0. The normalized spacial score (nSPS) is 14.4. The van der Waals surface area contributed by atoms with Gasteiger partial charge in [-0.25, -0.2) is 0 Å². The van der Waals surface area contributed by atoms with Crippen LogP contribution in [0.25, 0.3) is 0 Å².